The van der Waals surface area contributed by atoms with Crippen LogP contribution >= 0.6 is 0 Å². The smallest absolute Gasteiger partial charge is 0.226 e. The van der Waals surface area contributed by atoms with Gasteiger partial charge in [-0.25, -0.2) is 0 Å². The molecule has 0 spiro atoms. The summed E-state index contributed by atoms with van der Waals surface area (Å²) >= 11 is 0. The molecule has 3 nitrogen and oxygen atoms in total. The molecule has 1 saturated heterocycles. The van der Waals surface area contributed by atoms with E-state index in [-0.39, 0.29) is 17.9 Å². The van der Waals surface area contributed by atoms with E-state index in [1.165, 1.54) is 0 Å². The number of carbonyl (C=O) groups excluding carboxylic acids is 2. The number of likely N-dealkylation sites (tertiary alicyclic amines) is 1. The Morgan fingerprint density at radius 3 is 2.59 bits per heavy atom. The predicted octanol–water partition coefficient (Wildman–Crippen LogP) is 2.64. The number of hydrogen-bond acceptors (Lipinski definition) is 2. The molecule has 3 heteroatoms. The summed E-state index contributed by atoms with van der Waals surface area (Å²) in [6, 6.07) is -0.161. The van der Waals surface area contributed by atoms with Crippen molar-refractivity contribution in [3.05, 3.63) is 0 Å². The number of aldehydes is 1. The van der Waals surface area contributed by atoms with Gasteiger partial charge in [0.2, 0.25) is 5.91 Å². The molecule has 1 heterocycles. The molecule has 98 valence electrons. The molecule has 2 atom stereocenters. The standard InChI is InChI=1S/C14H25NO2/c1-4-12(5-2)9-11(3)14(17)15-8-6-7-13(15)10-16/h10-13H,4-9H2,1-3H3. The van der Waals surface area contributed by atoms with Crippen molar-refractivity contribution in [1.82, 2.24) is 4.90 Å². The maximum atomic E-state index is 12.2. The first-order valence-electron chi connectivity index (χ1n) is 6.89. The summed E-state index contributed by atoms with van der Waals surface area (Å²) in [7, 11) is 0. The molecule has 0 aromatic rings. The van der Waals surface area contributed by atoms with Gasteiger partial charge in [-0.15, -0.1) is 0 Å². The maximum Gasteiger partial charge on any atom is 0.226 e. The van der Waals surface area contributed by atoms with E-state index in [9.17, 15) is 9.59 Å². The van der Waals surface area contributed by atoms with E-state index < -0.39 is 0 Å². The van der Waals surface area contributed by atoms with Crippen LogP contribution in [0.15, 0.2) is 0 Å². The molecule has 1 rings (SSSR count). The fourth-order valence-corrected chi connectivity index (χ4v) is 2.71. The van der Waals surface area contributed by atoms with Gasteiger partial charge in [-0.05, 0) is 25.2 Å². The quantitative estimate of drug-likeness (QED) is 0.668. The van der Waals surface area contributed by atoms with Crippen LogP contribution in [0.1, 0.15) is 52.9 Å². The lowest BCUT2D eigenvalue weighted by atomic mass is 9.91. The zero-order valence-electron chi connectivity index (χ0n) is 11.3. The summed E-state index contributed by atoms with van der Waals surface area (Å²) in [5.74, 6) is 0.859. The Balaban J connectivity index is 2.53. The van der Waals surface area contributed by atoms with Crippen molar-refractivity contribution in [2.24, 2.45) is 11.8 Å². The van der Waals surface area contributed by atoms with Crippen LogP contribution in [0.3, 0.4) is 0 Å². The second-order valence-corrected chi connectivity index (χ2v) is 5.20. The van der Waals surface area contributed by atoms with Gasteiger partial charge in [-0.2, -0.15) is 0 Å². The molecule has 0 radical (unpaired) electrons. The summed E-state index contributed by atoms with van der Waals surface area (Å²) in [4.78, 5) is 24.9. The molecule has 0 aliphatic carbocycles. The van der Waals surface area contributed by atoms with Gasteiger partial charge in [0.15, 0.2) is 0 Å². The zero-order valence-corrected chi connectivity index (χ0v) is 11.3. The summed E-state index contributed by atoms with van der Waals surface area (Å²) in [5, 5.41) is 0. The molecule has 1 amide bonds. The Morgan fingerprint density at radius 2 is 2.06 bits per heavy atom. The first-order valence-corrected chi connectivity index (χ1v) is 6.89. The highest BCUT2D eigenvalue weighted by Gasteiger charge is 2.31. The van der Waals surface area contributed by atoms with Crippen molar-refractivity contribution in [2.75, 3.05) is 6.54 Å². The number of nitrogens with zero attached hydrogens (tertiary/aromatic N) is 1. The minimum Gasteiger partial charge on any atom is -0.333 e. The van der Waals surface area contributed by atoms with Gasteiger partial charge in [0.05, 0.1) is 6.04 Å². The van der Waals surface area contributed by atoms with Gasteiger partial charge < -0.3 is 9.69 Å². The van der Waals surface area contributed by atoms with Crippen LogP contribution in [0, 0.1) is 11.8 Å². The Hall–Kier alpha value is -0.860. The molecular weight excluding hydrogens is 214 g/mol. The molecule has 17 heavy (non-hydrogen) atoms. The van der Waals surface area contributed by atoms with E-state index in [1.807, 2.05) is 6.92 Å². The second-order valence-electron chi connectivity index (χ2n) is 5.20. The lowest BCUT2D eigenvalue weighted by molar-refractivity contribution is -0.138. The number of carbonyl (C=O) groups is 2. The lowest BCUT2D eigenvalue weighted by Gasteiger charge is -2.26. The van der Waals surface area contributed by atoms with Gasteiger partial charge in [0.25, 0.3) is 0 Å². The van der Waals surface area contributed by atoms with Crippen molar-refractivity contribution in [1.29, 1.82) is 0 Å². The molecule has 0 aromatic carbocycles. The van der Waals surface area contributed by atoms with Crippen molar-refractivity contribution in [3.63, 3.8) is 0 Å². The minimum atomic E-state index is -0.161. The Morgan fingerprint density at radius 1 is 1.41 bits per heavy atom. The van der Waals surface area contributed by atoms with E-state index in [2.05, 4.69) is 13.8 Å². The largest absolute Gasteiger partial charge is 0.333 e. The summed E-state index contributed by atoms with van der Waals surface area (Å²) in [6.07, 6.45) is 5.94. The van der Waals surface area contributed by atoms with Gasteiger partial charge in [-0.1, -0.05) is 33.6 Å². The van der Waals surface area contributed by atoms with Crippen molar-refractivity contribution >= 4 is 12.2 Å². The third kappa shape index (κ3) is 3.55. The molecule has 1 aliphatic heterocycles. The molecule has 1 fully saturated rings. The normalized spacial score (nSPS) is 21.9. The Labute approximate surface area is 105 Å². The molecule has 0 aromatic heterocycles. The molecule has 2 unspecified atom stereocenters. The fraction of sp³-hybridized carbons (Fsp3) is 0.857. The summed E-state index contributed by atoms with van der Waals surface area (Å²) < 4.78 is 0. The molecular formula is C14H25NO2. The number of amides is 1. The SMILES string of the molecule is CCC(CC)CC(C)C(=O)N1CCCC1C=O. The highest BCUT2D eigenvalue weighted by atomic mass is 16.2. The van der Waals surface area contributed by atoms with Crippen LogP contribution in [0.25, 0.3) is 0 Å². The van der Waals surface area contributed by atoms with Crippen LogP contribution in [0.2, 0.25) is 0 Å². The fourth-order valence-electron chi connectivity index (χ4n) is 2.71. The molecule has 0 bridgehead atoms. The van der Waals surface area contributed by atoms with Gasteiger partial charge >= 0.3 is 0 Å². The molecule has 0 saturated carbocycles. The monoisotopic (exact) mass is 239 g/mol. The predicted molar refractivity (Wildman–Crippen MR) is 68.7 cm³/mol. The van der Waals surface area contributed by atoms with E-state index >= 15 is 0 Å². The first kappa shape index (κ1) is 14.2. The number of hydrogen-bond donors (Lipinski definition) is 0. The Kier molecular flexibility index (Phi) is 5.66. The average molecular weight is 239 g/mol. The average Bonchev–Trinajstić information content (AvgIpc) is 2.82. The van der Waals surface area contributed by atoms with Gasteiger partial charge in [0.1, 0.15) is 6.29 Å². The van der Waals surface area contributed by atoms with Crippen LogP contribution in [0.5, 0.6) is 0 Å². The number of rotatable bonds is 6. The molecule has 1 aliphatic rings. The summed E-state index contributed by atoms with van der Waals surface area (Å²) in [6.45, 7) is 7.11. The third-order valence-corrected chi connectivity index (χ3v) is 4.00. The van der Waals surface area contributed by atoms with Crippen LogP contribution < -0.4 is 0 Å². The minimum absolute atomic E-state index is 0.0560. The van der Waals surface area contributed by atoms with Gasteiger partial charge in [0, 0.05) is 12.5 Å². The highest BCUT2D eigenvalue weighted by molar-refractivity contribution is 5.82. The Bertz CT molecular complexity index is 261. The van der Waals surface area contributed by atoms with Crippen LogP contribution in [-0.2, 0) is 9.59 Å². The van der Waals surface area contributed by atoms with E-state index in [4.69, 9.17) is 0 Å². The summed E-state index contributed by atoms with van der Waals surface area (Å²) in [5.41, 5.74) is 0. The van der Waals surface area contributed by atoms with E-state index in [0.29, 0.717) is 5.92 Å². The maximum absolute atomic E-state index is 12.2. The lowest BCUT2D eigenvalue weighted by Crippen LogP contribution is -2.40. The highest BCUT2D eigenvalue weighted by Crippen LogP contribution is 2.24. The zero-order chi connectivity index (χ0) is 12.8. The van der Waals surface area contributed by atoms with Crippen LogP contribution in [-0.4, -0.2) is 29.7 Å². The first-order chi connectivity index (χ1) is 8.13. The van der Waals surface area contributed by atoms with Gasteiger partial charge in [-0.3, -0.25) is 4.79 Å². The van der Waals surface area contributed by atoms with Crippen molar-refractivity contribution < 1.29 is 9.59 Å². The molecule has 0 N–H and O–H groups in total. The second kappa shape index (κ2) is 6.77. The van der Waals surface area contributed by atoms with E-state index in [1.54, 1.807) is 4.90 Å². The van der Waals surface area contributed by atoms with Crippen LogP contribution in [0.4, 0.5) is 0 Å². The van der Waals surface area contributed by atoms with Crippen molar-refractivity contribution in [3.8, 4) is 0 Å². The van der Waals surface area contributed by atoms with Crippen molar-refractivity contribution in [2.45, 2.75) is 58.9 Å². The van der Waals surface area contributed by atoms with E-state index in [0.717, 1.165) is 44.9 Å². The third-order valence-electron chi connectivity index (χ3n) is 4.00. The topological polar surface area (TPSA) is 37.4 Å².